The number of amides is 1. The summed E-state index contributed by atoms with van der Waals surface area (Å²) in [6, 6.07) is 5.32. The zero-order valence-electron chi connectivity index (χ0n) is 12.3. The molecule has 1 aromatic carbocycles. The van der Waals surface area contributed by atoms with E-state index in [2.05, 4.69) is 4.90 Å². The predicted molar refractivity (Wildman–Crippen MR) is 78.2 cm³/mol. The van der Waals surface area contributed by atoms with Gasteiger partial charge < -0.3 is 15.4 Å². The summed E-state index contributed by atoms with van der Waals surface area (Å²) in [6.45, 7) is 5.56. The van der Waals surface area contributed by atoms with E-state index >= 15 is 0 Å². The summed E-state index contributed by atoms with van der Waals surface area (Å²) in [5, 5.41) is 0. The summed E-state index contributed by atoms with van der Waals surface area (Å²) in [7, 11) is 0. The molecule has 21 heavy (non-hydrogen) atoms. The Kier molecular flexibility index (Phi) is 5.52. The van der Waals surface area contributed by atoms with Crippen molar-refractivity contribution in [3.63, 3.8) is 0 Å². The van der Waals surface area contributed by atoms with Crippen molar-refractivity contribution in [2.24, 2.45) is 5.73 Å². The van der Waals surface area contributed by atoms with Crippen LogP contribution in [0.25, 0.3) is 0 Å². The van der Waals surface area contributed by atoms with E-state index in [1.165, 1.54) is 0 Å². The van der Waals surface area contributed by atoms with Crippen molar-refractivity contribution in [3.8, 4) is 0 Å². The first-order valence-corrected chi connectivity index (χ1v) is 7.26. The van der Waals surface area contributed by atoms with E-state index in [1.54, 1.807) is 24.0 Å². The molecule has 2 rings (SSSR count). The summed E-state index contributed by atoms with van der Waals surface area (Å²) in [5.41, 5.74) is 6.72. The summed E-state index contributed by atoms with van der Waals surface area (Å²) < 4.78 is 19.1. The van der Waals surface area contributed by atoms with Crippen LogP contribution >= 0.6 is 0 Å². The number of nitrogens with two attached hydrogens (primary N) is 1. The van der Waals surface area contributed by atoms with Gasteiger partial charge in [-0.3, -0.25) is 4.90 Å². The van der Waals surface area contributed by atoms with Crippen LogP contribution in [0.5, 0.6) is 0 Å². The number of nitrogens with zero attached hydrogens (tertiary/aromatic N) is 2. The Morgan fingerprint density at radius 3 is 2.57 bits per heavy atom. The average Bonchev–Trinajstić information content (AvgIpc) is 2.50. The molecule has 0 saturated carbocycles. The lowest BCUT2D eigenvalue weighted by Gasteiger charge is -2.34. The van der Waals surface area contributed by atoms with Crippen LogP contribution in [0, 0.1) is 5.82 Å². The molecule has 1 aliphatic heterocycles. The first-order chi connectivity index (χ1) is 10.2. The standard InChI is InChI=1S/C15H22FN3O2/c1-2-21-15(20)19-8-6-18(7-9-19)11-13-5-3-4-12(10-17)14(13)16/h3-5H,2,6-11,17H2,1H3. The fourth-order valence-corrected chi connectivity index (χ4v) is 2.46. The third-order valence-electron chi connectivity index (χ3n) is 3.67. The molecule has 0 aromatic heterocycles. The Morgan fingerprint density at radius 2 is 1.95 bits per heavy atom. The lowest BCUT2D eigenvalue weighted by atomic mass is 10.1. The number of carbonyl (C=O) groups excluding carboxylic acids is 1. The molecule has 5 nitrogen and oxygen atoms in total. The highest BCUT2D eigenvalue weighted by molar-refractivity contribution is 5.67. The maximum absolute atomic E-state index is 14.1. The molecule has 0 radical (unpaired) electrons. The van der Waals surface area contributed by atoms with Gasteiger partial charge in [0.2, 0.25) is 0 Å². The molecule has 6 heteroatoms. The summed E-state index contributed by atoms with van der Waals surface area (Å²) in [5.74, 6) is -0.215. The van der Waals surface area contributed by atoms with Crippen LogP contribution in [-0.4, -0.2) is 48.7 Å². The molecule has 0 spiro atoms. The Hall–Kier alpha value is -1.66. The van der Waals surface area contributed by atoms with E-state index in [1.807, 2.05) is 6.07 Å². The minimum Gasteiger partial charge on any atom is -0.450 e. The maximum Gasteiger partial charge on any atom is 0.409 e. The number of hydrogen-bond donors (Lipinski definition) is 1. The van der Waals surface area contributed by atoms with E-state index < -0.39 is 0 Å². The van der Waals surface area contributed by atoms with E-state index in [-0.39, 0.29) is 18.5 Å². The van der Waals surface area contributed by atoms with Crippen LogP contribution in [0.15, 0.2) is 18.2 Å². The normalized spacial score (nSPS) is 16.0. The number of ether oxygens (including phenoxy) is 1. The molecule has 1 fully saturated rings. The van der Waals surface area contributed by atoms with Gasteiger partial charge in [0.05, 0.1) is 6.61 Å². The lowest BCUT2D eigenvalue weighted by Crippen LogP contribution is -2.48. The van der Waals surface area contributed by atoms with Crippen LogP contribution < -0.4 is 5.73 Å². The van der Waals surface area contributed by atoms with Crippen LogP contribution in [0.2, 0.25) is 0 Å². The molecule has 1 aliphatic rings. The molecule has 1 aromatic rings. The van der Waals surface area contributed by atoms with Crippen molar-refractivity contribution in [1.82, 2.24) is 9.80 Å². The largest absolute Gasteiger partial charge is 0.450 e. The fraction of sp³-hybridized carbons (Fsp3) is 0.533. The van der Waals surface area contributed by atoms with Crippen molar-refractivity contribution < 1.29 is 13.9 Å². The third kappa shape index (κ3) is 3.92. The van der Waals surface area contributed by atoms with Gasteiger partial charge in [0.15, 0.2) is 0 Å². The van der Waals surface area contributed by atoms with Gasteiger partial charge >= 0.3 is 6.09 Å². The summed E-state index contributed by atoms with van der Waals surface area (Å²) in [4.78, 5) is 15.4. The van der Waals surface area contributed by atoms with Crippen LogP contribution in [0.1, 0.15) is 18.1 Å². The first kappa shape index (κ1) is 15.7. The number of piperazine rings is 1. The van der Waals surface area contributed by atoms with Crippen molar-refractivity contribution in [3.05, 3.63) is 35.1 Å². The van der Waals surface area contributed by atoms with Gasteiger partial charge in [-0.15, -0.1) is 0 Å². The molecule has 0 atom stereocenters. The van der Waals surface area contributed by atoms with Gasteiger partial charge in [-0.1, -0.05) is 18.2 Å². The monoisotopic (exact) mass is 295 g/mol. The molecule has 116 valence electrons. The molecule has 1 saturated heterocycles. The smallest absolute Gasteiger partial charge is 0.409 e. The van der Waals surface area contributed by atoms with Crippen LogP contribution in [0.4, 0.5) is 9.18 Å². The number of carbonyl (C=O) groups is 1. The van der Waals surface area contributed by atoms with E-state index in [0.29, 0.717) is 50.5 Å². The van der Waals surface area contributed by atoms with Crippen molar-refractivity contribution in [2.45, 2.75) is 20.0 Å². The third-order valence-corrected chi connectivity index (χ3v) is 3.67. The highest BCUT2D eigenvalue weighted by Gasteiger charge is 2.22. The second-order valence-corrected chi connectivity index (χ2v) is 5.06. The number of rotatable bonds is 4. The molecule has 1 amide bonds. The topological polar surface area (TPSA) is 58.8 Å². The zero-order chi connectivity index (χ0) is 15.2. The van der Waals surface area contributed by atoms with Gasteiger partial charge in [-0.25, -0.2) is 9.18 Å². The number of benzene rings is 1. The molecule has 0 aliphatic carbocycles. The molecule has 0 unspecified atom stereocenters. The average molecular weight is 295 g/mol. The fourth-order valence-electron chi connectivity index (χ4n) is 2.46. The van der Waals surface area contributed by atoms with Gasteiger partial charge in [-0.2, -0.15) is 0 Å². The number of hydrogen-bond acceptors (Lipinski definition) is 4. The maximum atomic E-state index is 14.1. The van der Waals surface area contributed by atoms with E-state index in [0.717, 1.165) is 0 Å². The molecule has 0 bridgehead atoms. The van der Waals surface area contributed by atoms with Gasteiger partial charge in [-0.05, 0) is 6.92 Å². The van der Waals surface area contributed by atoms with Crippen LogP contribution in [0.3, 0.4) is 0 Å². The van der Waals surface area contributed by atoms with Gasteiger partial charge in [0.25, 0.3) is 0 Å². The van der Waals surface area contributed by atoms with Crippen LogP contribution in [-0.2, 0) is 17.8 Å². The summed E-state index contributed by atoms with van der Waals surface area (Å²) >= 11 is 0. The van der Waals surface area contributed by atoms with E-state index in [9.17, 15) is 9.18 Å². The molecular formula is C15H22FN3O2. The van der Waals surface area contributed by atoms with Gasteiger partial charge in [0.1, 0.15) is 5.82 Å². The highest BCUT2D eigenvalue weighted by atomic mass is 19.1. The van der Waals surface area contributed by atoms with Crippen molar-refractivity contribution >= 4 is 6.09 Å². The van der Waals surface area contributed by atoms with Crippen molar-refractivity contribution in [2.75, 3.05) is 32.8 Å². The Labute approximate surface area is 124 Å². The highest BCUT2D eigenvalue weighted by Crippen LogP contribution is 2.16. The van der Waals surface area contributed by atoms with Crippen molar-refractivity contribution in [1.29, 1.82) is 0 Å². The summed E-state index contributed by atoms with van der Waals surface area (Å²) in [6.07, 6.45) is -0.270. The Morgan fingerprint density at radius 1 is 1.29 bits per heavy atom. The first-order valence-electron chi connectivity index (χ1n) is 7.26. The molecule has 2 N–H and O–H groups in total. The minimum absolute atomic E-state index is 0.205. The minimum atomic E-state index is -0.270. The number of halogens is 1. The van der Waals surface area contributed by atoms with E-state index in [4.69, 9.17) is 10.5 Å². The quantitative estimate of drug-likeness (QED) is 0.916. The lowest BCUT2D eigenvalue weighted by molar-refractivity contribution is 0.0775. The molecule has 1 heterocycles. The zero-order valence-corrected chi connectivity index (χ0v) is 12.3. The second kappa shape index (κ2) is 7.38. The Balaban J connectivity index is 1.90. The SMILES string of the molecule is CCOC(=O)N1CCN(Cc2cccc(CN)c2F)CC1. The predicted octanol–water partition coefficient (Wildman–Crippen LogP) is 1.56. The molecular weight excluding hydrogens is 273 g/mol. The second-order valence-electron chi connectivity index (χ2n) is 5.06. The van der Waals surface area contributed by atoms with Gasteiger partial charge in [0, 0.05) is 50.4 Å². The Bertz CT molecular complexity index is 488.